The molecule has 0 amide bonds. The molecule has 0 spiro atoms. The quantitative estimate of drug-likeness (QED) is 0.588. The lowest BCUT2D eigenvalue weighted by Crippen LogP contribution is -2.14. The molecule has 0 aliphatic rings. The number of carbonyl (C=O) groups is 1. The molecule has 0 aliphatic heterocycles. The van der Waals surface area contributed by atoms with Gasteiger partial charge in [0, 0.05) is 6.42 Å². The van der Waals surface area contributed by atoms with E-state index in [0.29, 0.717) is 6.42 Å². The summed E-state index contributed by atoms with van der Waals surface area (Å²) >= 11 is 0. The van der Waals surface area contributed by atoms with Crippen LogP contribution in [-0.2, 0) is 9.53 Å². The van der Waals surface area contributed by atoms with Crippen molar-refractivity contribution in [1.29, 1.82) is 5.26 Å². The molecular weight excluding hydrogens is 226 g/mol. The van der Waals surface area contributed by atoms with E-state index in [1.54, 1.807) is 0 Å². The number of ether oxygens (including phenoxy) is 1. The summed E-state index contributed by atoms with van der Waals surface area (Å²) in [5.74, 6) is -0.0838. The molecular formula is C15H17NO2. The minimum absolute atomic E-state index is 0.226. The van der Waals surface area contributed by atoms with Crippen LogP contribution < -0.4 is 0 Å². The molecule has 0 fully saturated rings. The van der Waals surface area contributed by atoms with Gasteiger partial charge in [-0.3, -0.25) is 4.79 Å². The highest BCUT2D eigenvalue weighted by atomic mass is 16.5. The highest BCUT2D eigenvalue weighted by Gasteiger charge is 2.20. The van der Waals surface area contributed by atoms with Crippen molar-refractivity contribution < 1.29 is 9.53 Å². The number of nitriles is 1. The average molecular weight is 243 g/mol. The molecule has 18 heavy (non-hydrogen) atoms. The molecule has 0 saturated heterocycles. The fraction of sp³-hybridized carbons (Fsp3) is 0.333. The van der Waals surface area contributed by atoms with Gasteiger partial charge in [-0.25, -0.2) is 0 Å². The van der Waals surface area contributed by atoms with E-state index in [1.165, 1.54) is 0 Å². The Hall–Kier alpha value is -2.08. The third-order valence-corrected chi connectivity index (χ3v) is 2.39. The summed E-state index contributed by atoms with van der Waals surface area (Å²) in [7, 11) is 0. The second kappa shape index (κ2) is 6.61. The lowest BCUT2D eigenvalue weighted by molar-refractivity contribution is -0.148. The first kappa shape index (κ1) is 14.0. The molecule has 0 radical (unpaired) electrons. The molecule has 3 nitrogen and oxygen atoms in total. The van der Waals surface area contributed by atoms with Crippen LogP contribution in [0.3, 0.4) is 0 Å². The molecule has 1 rings (SSSR count). The smallest absolute Gasteiger partial charge is 0.307 e. The average Bonchev–Trinajstić information content (AvgIpc) is 2.35. The van der Waals surface area contributed by atoms with E-state index in [1.807, 2.05) is 50.2 Å². The van der Waals surface area contributed by atoms with Gasteiger partial charge in [0.05, 0.1) is 11.6 Å². The zero-order chi connectivity index (χ0) is 13.5. The number of rotatable bonds is 5. The Morgan fingerprint density at radius 2 is 2.00 bits per heavy atom. The summed E-state index contributed by atoms with van der Waals surface area (Å²) in [4.78, 5) is 11.7. The van der Waals surface area contributed by atoms with Crippen molar-refractivity contribution in [3.63, 3.8) is 0 Å². The van der Waals surface area contributed by atoms with Gasteiger partial charge in [0.1, 0.15) is 0 Å². The summed E-state index contributed by atoms with van der Waals surface area (Å²) in [6.45, 7) is 7.53. The van der Waals surface area contributed by atoms with Gasteiger partial charge >= 0.3 is 5.97 Å². The van der Waals surface area contributed by atoms with Crippen molar-refractivity contribution >= 4 is 5.97 Å². The number of benzene rings is 1. The maximum atomic E-state index is 11.7. The molecule has 3 heteroatoms. The molecule has 0 aromatic heterocycles. The highest BCUT2D eigenvalue weighted by molar-refractivity contribution is 5.70. The maximum absolute atomic E-state index is 11.7. The Kier molecular flexibility index (Phi) is 5.13. The van der Waals surface area contributed by atoms with Gasteiger partial charge in [0.2, 0.25) is 0 Å². The van der Waals surface area contributed by atoms with Crippen LogP contribution in [0.5, 0.6) is 0 Å². The Bertz CT molecular complexity index is 457. The number of carbonyl (C=O) groups excluding carboxylic acids is 1. The van der Waals surface area contributed by atoms with Gasteiger partial charge in [-0.2, -0.15) is 5.26 Å². The third kappa shape index (κ3) is 4.06. The van der Waals surface area contributed by atoms with Gasteiger partial charge in [-0.05, 0) is 11.5 Å². The van der Waals surface area contributed by atoms with E-state index in [0.717, 1.165) is 5.56 Å². The van der Waals surface area contributed by atoms with E-state index in [4.69, 9.17) is 10.00 Å². The summed E-state index contributed by atoms with van der Waals surface area (Å²) in [5.41, 5.74) is 1.000. The maximum Gasteiger partial charge on any atom is 0.307 e. The molecule has 1 aromatic carbocycles. The fourth-order valence-electron chi connectivity index (χ4n) is 1.54. The van der Waals surface area contributed by atoms with Crippen molar-refractivity contribution in [3.05, 3.63) is 48.0 Å². The van der Waals surface area contributed by atoms with Crippen molar-refractivity contribution in [2.24, 2.45) is 5.92 Å². The van der Waals surface area contributed by atoms with Crippen LogP contribution in [0.15, 0.2) is 42.5 Å². The van der Waals surface area contributed by atoms with Gasteiger partial charge in [-0.15, -0.1) is 0 Å². The molecule has 0 N–H and O–H groups in total. The number of hydrogen-bond acceptors (Lipinski definition) is 3. The summed E-state index contributed by atoms with van der Waals surface area (Å²) in [6, 6.07) is 11.1. The molecule has 1 atom stereocenters. The van der Waals surface area contributed by atoms with Crippen LogP contribution in [0.2, 0.25) is 0 Å². The number of esters is 1. The molecule has 0 saturated carbocycles. The number of hydrogen-bond donors (Lipinski definition) is 0. The van der Waals surface area contributed by atoms with Crippen LogP contribution in [-0.4, -0.2) is 5.97 Å². The van der Waals surface area contributed by atoms with Crippen LogP contribution in [0.4, 0.5) is 0 Å². The van der Waals surface area contributed by atoms with E-state index in [-0.39, 0.29) is 17.5 Å². The second-order valence-electron chi connectivity index (χ2n) is 4.52. The monoisotopic (exact) mass is 243 g/mol. The Morgan fingerprint density at radius 1 is 1.39 bits per heavy atom. The molecule has 0 aliphatic carbocycles. The summed E-state index contributed by atoms with van der Waals surface area (Å²) in [6.07, 6.45) is -0.343. The van der Waals surface area contributed by atoms with E-state index < -0.39 is 6.10 Å². The molecule has 0 heterocycles. The van der Waals surface area contributed by atoms with Crippen LogP contribution in [0.25, 0.3) is 0 Å². The topological polar surface area (TPSA) is 50.1 Å². The fourth-order valence-corrected chi connectivity index (χ4v) is 1.54. The lowest BCUT2D eigenvalue weighted by atomic mass is 10.0. The third-order valence-electron chi connectivity index (χ3n) is 2.39. The predicted molar refractivity (Wildman–Crippen MR) is 69.5 cm³/mol. The van der Waals surface area contributed by atoms with Crippen molar-refractivity contribution in [2.45, 2.75) is 26.4 Å². The molecule has 94 valence electrons. The zero-order valence-electron chi connectivity index (χ0n) is 10.7. The normalized spacial score (nSPS) is 11.7. The van der Waals surface area contributed by atoms with Crippen LogP contribution >= 0.6 is 0 Å². The van der Waals surface area contributed by atoms with Crippen molar-refractivity contribution in [3.8, 4) is 6.07 Å². The first-order valence-corrected chi connectivity index (χ1v) is 5.88. The minimum Gasteiger partial charge on any atom is -0.452 e. The standard InChI is InChI=1S/C15H17NO2/c1-11(2)9-14(17)18-15(12(3)10-16)13-7-5-4-6-8-13/h4-8,11,15H,3,9H2,1-2H3. The summed E-state index contributed by atoms with van der Waals surface area (Å²) in [5, 5.41) is 8.92. The second-order valence-corrected chi connectivity index (χ2v) is 4.52. The van der Waals surface area contributed by atoms with Crippen molar-refractivity contribution in [2.75, 3.05) is 0 Å². The predicted octanol–water partition coefficient (Wildman–Crippen LogP) is 3.40. The highest BCUT2D eigenvalue weighted by Crippen LogP contribution is 2.25. The summed E-state index contributed by atoms with van der Waals surface area (Å²) < 4.78 is 5.34. The minimum atomic E-state index is -0.678. The van der Waals surface area contributed by atoms with Crippen LogP contribution in [0.1, 0.15) is 31.9 Å². The first-order valence-electron chi connectivity index (χ1n) is 5.88. The van der Waals surface area contributed by atoms with Gasteiger partial charge in [0.15, 0.2) is 6.10 Å². The first-order chi connectivity index (χ1) is 8.54. The van der Waals surface area contributed by atoms with Gasteiger partial charge < -0.3 is 4.74 Å². The van der Waals surface area contributed by atoms with E-state index >= 15 is 0 Å². The van der Waals surface area contributed by atoms with E-state index in [9.17, 15) is 4.79 Å². The van der Waals surface area contributed by atoms with Gasteiger partial charge in [0.25, 0.3) is 0 Å². The Balaban J connectivity index is 2.85. The van der Waals surface area contributed by atoms with E-state index in [2.05, 4.69) is 6.58 Å². The number of nitrogens with zero attached hydrogens (tertiary/aromatic N) is 1. The Morgan fingerprint density at radius 3 is 2.50 bits per heavy atom. The lowest BCUT2D eigenvalue weighted by Gasteiger charge is -2.17. The van der Waals surface area contributed by atoms with Gasteiger partial charge in [-0.1, -0.05) is 50.8 Å². The zero-order valence-corrected chi connectivity index (χ0v) is 10.7. The van der Waals surface area contributed by atoms with Crippen LogP contribution in [0, 0.1) is 17.2 Å². The Labute approximate surface area is 108 Å². The largest absolute Gasteiger partial charge is 0.452 e. The molecule has 1 unspecified atom stereocenters. The molecule has 1 aromatic rings. The molecule has 0 bridgehead atoms. The SMILES string of the molecule is C=C(C#N)C(OC(=O)CC(C)C)c1ccccc1. The van der Waals surface area contributed by atoms with Crippen molar-refractivity contribution in [1.82, 2.24) is 0 Å².